The number of anilines is 2. The quantitative estimate of drug-likeness (QED) is 0.824. The van der Waals surface area contributed by atoms with E-state index in [1.807, 2.05) is 24.3 Å². The number of nitrogens with one attached hydrogen (secondary N) is 1. The summed E-state index contributed by atoms with van der Waals surface area (Å²) in [5.41, 5.74) is 9.29. The molecule has 1 aromatic heterocycles. The molecule has 1 aromatic carbocycles. The zero-order valence-electron chi connectivity index (χ0n) is 16.2. The summed E-state index contributed by atoms with van der Waals surface area (Å²) in [7, 11) is 2.07. The third-order valence-electron chi connectivity index (χ3n) is 5.47. The number of amides is 1. The van der Waals surface area contributed by atoms with Crippen molar-refractivity contribution in [2.45, 2.75) is 19.0 Å². The van der Waals surface area contributed by atoms with Crippen LogP contribution in [-0.4, -0.2) is 55.7 Å². The largest absolute Gasteiger partial charge is 0.379 e. The van der Waals surface area contributed by atoms with Gasteiger partial charge in [0.15, 0.2) is 0 Å². The van der Waals surface area contributed by atoms with Crippen LogP contribution < -0.4 is 16.0 Å². The van der Waals surface area contributed by atoms with Gasteiger partial charge in [-0.05, 0) is 42.3 Å². The molecule has 0 saturated carbocycles. The van der Waals surface area contributed by atoms with Gasteiger partial charge in [-0.1, -0.05) is 6.07 Å². The molecule has 0 radical (unpaired) electrons. The monoisotopic (exact) mass is 381 g/mol. The molecule has 2 aliphatic heterocycles. The zero-order valence-corrected chi connectivity index (χ0v) is 16.2. The van der Waals surface area contributed by atoms with E-state index in [4.69, 9.17) is 15.5 Å². The van der Waals surface area contributed by atoms with Gasteiger partial charge in [-0.25, -0.2) is 4.98 Å². The minimum absolute atomic E-state index is 0.0941. The predicted octanol–water partition coefficient (Wildman–Crippen LogP) is 2.01. The van der Waals surface area contributed by atoms with Crippen LogP contribution in [0.4, 0.5) is 11.5 Å². The fraction of sp³-hybridized carbons (Fsp3) is 0.429. The van der Waals surface area contributed by atoms with Crippen molar-refractivity contribution in [3.8, 4) is 0 Å². The van der Waals surface area contributed by atoms with Crippen molar-refractivity contribution in [2.24, 2.45) is 5.73 Å². The van der Waals surface area contributed by atoms with Gasteiger partial charge in [0.25, 0.3) is 0 Å². The van der Waals surface area contributed by atoms with Gasteiger partial charge in [0, 0.05) is 44.5 Å². The van der Waals surface area contributed by atoms with E-state index in [0.717, 1.165) is 68.6 Å². The second-order valence-electron chi connectivity index (χ2n) is 7.45. The molecule has 7 heteroatoms. The fourth-order valence-corrected chi connectivity index (χ4v) is 3.90. The van der Waals surface area contributed by atoms with Crippen molar-refractivity contribution in [1.29, 1.82) is 0 Å². The van der Waals surface area contributed by atoms with Crippen LogP contribution in [0.15, 0.2) is 36.4 Å². The Hall–Kier alpha value is -2.64. The van der Waals surface area contributed by atoms with Crippen LogP contribution in [0.25, 0.3) is 0 Å². The molecule has 0 aliphatic carbocycles. The molecular weight excluding hydrogens is 354 g/mol. The highest BCUT2D eigenvalue weighted by Crippen LogP contribution is 2.35. The van der Waals surface area contributed by atoms with Crippen molar-refractivity contribution in [3.05, 3.63) is 53.2 Å². The first-order chi connectivity index (χ1) is 13.6. The SMILES string of the molecule is CN1CCC(Nc2cccc(CN3CCOCC3)n2)c2cc(C(N)=O)ccc21. The molecule has 2 aliphatic rings. The Morgan fingerprint density at radius 2 is 2.07 bits per heavy atom. The number of hydrogen-bond donors (Lipinski definition) is 2. The van der Waals surface area contributed by atoms with Crippen LogP contribution in [0.1, 0.15) is 34.1 Å². The van der Waals surface area contributed by atoms with E-state index < -0.39 is 5.91 Å². The van der Waals surface area contributed by atoms with Crippen LogP contribution in [0.3, 0.4) is 0 Å². The number of ether oxygens (including phenoxy) is 1. The topological polar surface area (TPSA) is 83.7 Å². The number of pyridine rings is 1. The molecule has 4 rings (SSSR count). The summed E-state index contributed by atoms with van der Waals surface area (Å²) < 4.78 is 5.42. The van der Waals surface area contributed by atoms with Crippen LogP contribution in [0, 0.1) is 0 Å². The summed E-state index contributed by atoms with van der Waals surface area (Å²) in [4.78, 5) is 21.0. The molecule has 148 valence electrons. The van der Waals surface area contributed by atoms with E-state index in [9.17, 15) is 4.79 Å². The molecule has 7 nitrogen and oxygen atoms in total. The smallest absolute Gasteiger partial charge is 0.248 e. The van der Waals surface area contributed by atoms with Crippen molar-refractivity contribution < 1.29 is 9.53 Å². The first kappa shape index (κ1) is 18.7. The lowest BCUT2D eigenvalue weighted by Crippen LogP contribution is -2.35. The average molecular weight is 381 g/mol. The van der Waals surface area contributed by atoms with Crippen molar-refractivity contribution in [3.63, 3.8) is 0 Å². The standard InChI is InChI=1S/C21H27N5O2/c1-25-8-7-18(17-13-15(21(22)27)5-6-19(17)25)24-20-4-2-3-16(23-20)14-26-9-11-28-12-10-26/h2-6,13,18H,7-12,14H2,1H3,(H2,22,27)(H,23,24). The molecule has 1 atom stereocenters. The van der Waals surface area contributed by atoms with Gasteiger partial charge in [-0.3, -0.25) is 9.69 Å². The summed E-state index contributed by atoms with van der Waals surface area (Å²) >= 11 is 0. The normalized spacial score (nSPS) is 19.9. The van der Waals surface area contributed by atoms with Crippen molar-refractivity contribution in [1.82, 2.24) is 9.88 Å². The average Bonchev–Trinajstić information content (AvgIpc) is 2.71. The Labute approximate surface area is 165 Å². The minimum Gasteiger partial charge on any atom is -0.379 e. The minimum atomic E-state index is -0.402. The van der Waals surface area contributed by atoms with Gasteiger partial charge in [0.2, 0.25) is 5.91 Å². The summed E-state index contributed by atoms with van der Waals surface area (Å²) in [6.07, 6.45) is 0.932. The number of benzene rings is 1. The summed E-state index contributed by atoms with van der Waals surface area (Å²) in [6.45, 7) is 5.22. The Morgan fingerprint density at radius 1 is 1.25 bits per heavy atom. The third kappa shape index (κ3) is 4.10. The molecule has 0 bridgehead atoms. The number of rotatable bonds is 5. The lowest BCUT2D eigenvalue weighted by atomic mass is 9.94. The number of carbonyl (C=O) groups excluding carboxylic acids is 1. The Balaban J connectivity index is 1.53. The van der Waals surface area contributed by atoms with Crippen molar-refractivity contribution in [2.75, 3.05) is 50.1 Å². The Morgan fingerprint density at radius 3 is 2.86 bits per heavy atom. The molecular formula is C21H27N5O2. The number of nitrogens with zero attached hydrogens (tertiary/aromatic N) is 3. The van der Waals surface area contributed by atoms with Crippen LogP contribution in [-0.2, 0) is 11.3 Å². The lowest BCUT2D eigenvalue weighted by Gasteiger charge is -2.34. The molecule has 3 N–H and O–H groups in total. The number of aromatic nitrogens is 1. The molecule has 1 amide bonds. The molecule has 1 unspecified atom stereocenters. The highest BCUT2D eigenvalue weighted by molar-refractivity contribution is 5.93. The maximum atomic E-state index is 11.6. The van der Waals surface area contributed by atoms with Crippen LogP contribution >= 0.6 is 0 Å². The highest BCUT2D eigenvalue weighted by Gasteiger charge is 2.24. The second-order valence-corrected chi connectivity index (χ2v) is 7.45. The third-order valence-corrected chi connectivity index (χ3v) is 5.47. The second kappa shape index (κ2) is 8.16. The summed E-state index contributed by atoms with van der Waals surface area (Å²) in [5.74, 6) is 0.455. The summed E-state index contributed by atoms with van der Waals surface area (Å²) in [6, 6.07) is 11.9. The molecule has 28 heavy (non-hydrogen) atoms. The van der Waals surface area contributed by atoms with Gasteiger partial charge in [-0.15, -0.1) is 0 Å². The van der Waals surface area contributed by atoms with E-state index in [1.54, 1.807) is 6.07 Å². The van der Waals surface area contributed by atoms with E-state index in [-0.39, 0.29) is 6.04 Å². The van der Waals surface area contributed by atoms with Gasteiger partial charge < -0.3 is 20.7 Å². The van der Waals surface area contributed by atoms with Gasteiger partial charge in [0.1, 0.15) is 5.82 Å². The number of hydrogen-bond acceptors (Lipinski definition) is 6. The van der Waals surface area contributed by atoms with Gasteiger partial charge in [0.05, 0.1) is 24.9 Å². The number of carbonyl (C=O) groups is 1. The number of primary amides is 1. The fourth-order valence-electron chi connectivity index (χ4n) is 3.90. The maximum absolute atomic E-state index is 11.6. The molecule has 3 heterocycles. The van der Waals surface area contributed by atoms with Crippen LogP contribution in [0.5, 0.6) is 0 Å². The van der Waals surface area contributed by atoms with E-state index in [1.165, 1.54) is 0 Å². The molecule has 1 fully saturated rings. The maximum Gasteiger partial charge on any atom is 0.248 e. The number of nitrogens with two attached hydrogens (primary N) is 1. The van der Waals surface area contributed by atoms with Crippen molar-refractivity contribution >= 4 is 17.4 Å². The predicted molar refractivity (Wildman–Crippen MR) is 110 cm³/mol. The lowest BCUT2D eigenvalue weighted by molar-refractivity contribution is 0.0336. The zero-order chi connectivity index (χ0) is 19.5. The van der Waals surface area contributed by atoms with Gasteiger partial charge in [-0.2, -0.15) is 0 Å². The van der Waals surface area contributed by atoms with E-state index in [0.29, 0.717) is 5.56 Å². The van der Waals surface area contributed by atoms with Crippen LogP contribution in [0.2, 0.25) is 0 Å². The highest BCUT2D eigenvalue weighted by atomic mass is 16.5. The Bertz CT molecular complexity index is 850. The first-order valence-electron chi connectivity index (χ1n) is 9.77. The number of morpholine rings is 1. The first-order valence-corrected chi connectivity index (χ1v) is 9.77. The number of fused-ring (bicyclic) bond motifs is 1. The molecule has 2 aromatic rings. The molecule has 0 spiro atoms. The summed E-state index contributed by atoms with van der Waals surface area (Å²) in [5, 5.41) is 3.57. The van der Waals surface area contributed by atoms with E-state index in [2.05, 4.69) is 28.2 Å². The Kier molecular flexibility index (Phi) is 5.45. The van der Waals surface area contributed by atoms with E-state index >= 15 is 0 Å². The molecule has 1 saturated heterocycles. The van der Waals surface area contributed by atoms with Gasteiger partial charge >= 0.3 is 0 Å².